The molecular weight excluding hydrogens is 566 g/mol. The summed E-state index contributed by atoms with van der Waals surface area (Å²) < 4.78 is 34.5. The second kappa shape index (κ2) is 11.4. The Morgan fingerprint density at radius 2 is 1.74 bits per heavy atom. The smallest absolute Gasteiger partial charge is 0.323 e. The van der Waals surface area contributed by atoms with E-state index in [1.54, 1.807) is 48.4 Å². The lowest BCUT2D eigenvalue weighted by Gasteiger charge is -2.41. The minimum Gasteiger partial charge on any atom is -0.377 e. The highest BCUT2D eigenvalue weighted by molar-refractivity contribution is 7.92. The van der Waals surface area contributed by atoms with Crippen LogP contribution in [-0.4, -0.2) is 60.0 Å². The molecule has 2 aromatic carbocycles. The van der Waals surface area contributed by atoms with Gasteiger partial charge in [0.05, 0.1) is 41.7 Å². The van der Waals surface area contributed by atoms with E-state index in [1.165, 1.54) is 0 Å². The Labute approximate surface area is 251 Å². The van der Waals surface area contributed by atoms with Crippen LogP contribution in [0.25, 0.3) is 11.4 Å². The van der Waals surface area contributed by atoms with Crippen molar-refractivity contribution in [3.8, 4) is 11.4 Å². The average Bonchev–Trinajstić information content (AvgIpc) is 3.37. The molecule has 0 bridgehead atoms. The number of carbonyl (C=O) groups excluding carboxylic acids is 1. The fourth-order valence-corrected chi connectivity index (χ4v) is 7.75. The maximum absolute atomic E-state index is 14.2. The Kier molecular flexibility index (Phi) is 7.65. The molecule has 0 spiro atoms. The van der Waals surface area contributed by atoms with E-state index in [2.05, 4.69) is 27.6 Å². The van der Waals surface area contributed by atoms with Gasteiger partial charge in [0, 0.05) is 37.1 Å². The van der Waals surface area contributed by atoms with Crippen LogP contribution in [0.5, 0.6) is 0 Å². The zero-order valence-electron chi connectivity index (χ0n) is 24.4. The Bertz CT molecular complexity index is 1730. The lowest BCUT2D eigenvalue weighted by molar-refractivity contribution is 0.0985. The third-order valence-electron chi connectivity index (χ3n) is 8.21. The third kappa shape index (κ3) is 5.59. The number of rotatable bonds is 7. The number of carbonyl (C=O) groups is 1. The van der Waals surface area contributed by atoms with Crippen molar-refractivity contribution >= 4 is 33.1 Å². The summed E-state index contributed by atoms with van der Waals surface area (Å²) in [7, 11) is -1.96. The third-order valence-corrected chi connectivity index (χ3v) is 10.8. The molecule has 3 heterocycles. The number of sulfone groups is 1. The van der Waals surface area contributed by atoms with Crippen LogP contribution >= 0.6 is 0 Å². The summed E-state index contributed by atoms with van der Waals surface area (Å²) in [6.07, 6.45) is 5.05. The lowest BCUT2D eigenvalue weighted by Crippen LogP contribution is -2.46. The minimum absolute atomic E-state index is 0.0697. The molecule has 2 N–H and O–H groups in total. The van der Waals surface area contributed by atoms with Gasteiger partial charge in [-0.2, -0.15) is 5.10 Å². The van der Waals surface area contributed by atoms with Gasteiger partial charge in [0.25, 0.3) is 0 Å². The van der Waals surface area contributed by atoms with Crippen molar-refractivity contribution in [2.24, 2.45) is 7.05 Å². The molecule has 4 aromatic rings. The van der Waals surface area contributed by atoms with Crippen LogP contribution < -0.4 is 15.5 Å². The Morgan fingerprint density at radius 3 is 2.37 bits per heavy atom. The molecule has 6 rings (SSSR count). The van der Waals surface area contributed by atoms with Crippen molar-refractivity contribution in [3.63, 3.8) is 0 Å². The molecule has 11 nitrogen and oxygen atoms in total. The number of urea groups is 1. The van der Waals surface area contributed by atoms with Gasteiger partial charge < -0.3 is 20.3 Å². The van der Waals surface area contributed by atoms with Crippen molar-refractivity contribution < 1.29 is 17.9 Å². The largest absolute Gasteiger partial charge is 0.377 e. The predicted octanol–water partition coefficient (Wildman–Crippen LogP) is 4.91. The molecule has 43 heavy (non-hydrogen) atoms. The summed E-state index contributed by atoms with van der Waals surface area (Å²) in [5, 5.41) is 9.61. The van der Waals surface area contributed by atoms with E-state index in [0.29, 0.717) is 71.8 Å². The predicted molar refractivity (Wildman–Crippen MR) is 165 cm³/mol. The van der Waals surface area contributed by atoms with Crippen molar-refractivity contribution in [1.82, 2.24) is 19.7 Å². The number of hydrogen-bond acceptors (Lipinski definition) is 8. The van der Waals surface area contributed by atoms with E-state index < -0.39 is 20.6 Å². The normalized spacial score (nSPS) is 18.1. The summed E-state index contributed by atoms with van der Waals surface area (Å²) >= 11 is 0. The highest BCUT2D eigenvalue weighted by Gasteiger charge is 2.52. The summed E-state index contributed by atoms with van der Waals surface area (Å²) in [4.78, 5) is 24.8. The molecule has 1 saturated heterocycles. The highest BCUT2D eigenvalue weighted by atomic mass is 32.2. The van der Waals surface area contributed by atoms with Gasteiger partial charge in [-0.25, -0.2) is 23.2 Å². The molecule has 224 valence electrons. The van der Waals surface area contributed by atoms with Gasteiger partial charge >= 0.3 is 6.03 Å². The maximum Gasteiger partial charge on any atom is 0.323 e. The minimum atomic E-state index is -3.73. The number of morpholine rings is 1. The monoisotopic (exact) mass is 601 g/mol. The summed E-state index contributed by atoms with van der Waals surface area (Å²) in [6, 6.07) is 15.8. The number of aryl methyl sites for hydroxylation is 2. The molecule has 1 aliphatic heterocycles. The standard InChI is InChI=1S/C31H35N7O4S/c1-21-5-11-26(12-6-21)43(40,41)31(13-4-14-31)27-17-28(38-15-16-42-20-22(38)2)36-29(35-27)23-7-9-24(10-8-23)33-30(39)34-25-18-32-37(3)19-25/h5-12,17-19,22H,4,13-16,20H2,1-3H3,(H2,33,34,39)/t22-/m0/s1. The lowest BCUT2D eigenvalue weighted by atomic mass is 9.81. The van der Waals surface area contributed by atoms with E-state index in [0.717, 1.165) is 12.0 Å². The van der Waals surface area contributed by atoms with Crippen LogP contribution in [0.2, 0.25) is 0 Å². The van der Waals surface area contributed by atoms with Gasteiger partial charge in [0.2, 0.25) is 0 Å². The van der Waals surface area contributed by atoms with Crippen LogP contribution in [-0.2, 0) is 26.4 Å². The molecule has 1 atom stereocenters. The SMILES string of the molecule is Cc1ccc(S(=O)(=O)C2(c3cc(N4CCOC[C@@H]4C)nc(-c4ccc(NC(=O)Nc5cnn(C)c5)cc4)n3)CCC2)cc1. The zero-order valence-corrected chi connectivity index (χ0v) is 25.3. The fourth-order valence-electron chi connectivity index (χ4n) is 5.60. The quantitative estimate of drug-likeness (QED) is 0.306. The number of aromatic nitrogens is 4. The molecule has 1 aliphatic carbocycles. The zero-order chi connectivity index (χ0) is 30.2. The average molecular weight is 602 g/mol. The van der Waals surface area contributed by atoms with Crippen LogP contribution in [0.1, 0.15) is 37.4 Å². The summed E-state index contributed by atoms with van der Waals surface area (Å²) in [6.45, 7) is 5.77. The van der Waals surface area contributed by atoms with Gasteiger partial charge in [0.1, 0.15) is 10.6 Å². The molecule has 2 aromatic heterocycles. The molecule has 12 heteroatoms. The maximum atomic E-state index is 14.2. The van der Waals surface area contributed by atoms with Gasteiger partial charge in [-0.3, -0.25) is 4.68 Å². The first kappa shape index (κ1) is 28.8. The van der Waals surface area contributed by atoms with Crippen LogP contribution in [0, 0.1) is 6.92 Å². The van der Waals surface area contributed by atoms with Gasteiger partial charge in [-0.15, -0.1) is 0 Å². The highest BCUT2D eigenvalue weighted by Crippen LogP contribution is 2.51. The van der Waals surface area contributed by atoms with E-state index in [-0.39, 0.29) is 6.04 Å². The molecule has 0 radical (unpaired) electrons. The van der Waals surface area contributed by atoms with Gasteiger partial charge in [-0.1, -0.05) is 17.7 Å². The summed E-state index contributed by atoms with van der Waals surface area (Å²) in [5.41, 5.74) is 3.39. The van der Waals surface area contributed by atoms with E-state index >= 15 is 0 Å². The molecule has 0 unspecified atom stereocenters. The first-order valence-corrected chi connectivity index (χ1v) is 15.9. The number of nitrogens with zero attached hydrogens (tertiary/aromatic N) is 5. The Balaban J connectivity index is 1.35. The molecule has 2 fully saturated rings. The second-order valence-corrected chi connectivity index (χ2v) is 13.5. The second-order valence-electron chi connectivity index (χ2n) is 11.3. The Morgan fingerprint density at radius 1 is 1.02 bits per heavy atom. The van der Waals surface area contributed by atoms with Crippen molar-refractivity contribution in [3.05, 3.63) is 78.2 Å². The number of nitrogens with one attached hydrogen (secondary N) is 2. The first-order chi connectivity index (χ1) is 20.6. The van der Waals surface area contributed by atoms with Gasteiger partial charge in [-0.05, 0) is 69.5 Å². The van der Waals surface area contributed by atoms with Crippen LogP contribution in [0.15, 0.2) is 71.9 Å². The van der Waals surface area contributed by atoms with Crippen molar-refractivity contribution in [2.45, 2.75) is 48.8 Å². The first-order valence-electron chi connectivity index (χ1n) is 14.4. The van der Waals surface area contributed by atoms with Crippen LogP contribution in [0.3, 0.4) is 0 Å². The molecule has 1 saturated carbocycles. The topological polar surface area (TPSA) is 131 Å². The van der Waals surface area contributed by atoms with Crippen molar-refractivity contribution in [2.75, 3.05) is 35.3 Å². The number of anilines is 3. The number of ether oxygens (including phenoxy) is 1. The van der Waals surface area contributed by atoms with Gasteiger partial charge in [0.15, 0.2) is 15.7 Å². The number of amides is 2. The Hall–Kier alpha value is -4.29. The van der Waals surface area contributed by atoms with E-state index in [9.17, 15) is 13.2 Å². The van der Waals surface area contributed by atoms with Crippen molar-refractivity contribution in [1.29, 1.82) is 0 Å². The molecule has 2 amide bonds. The number of benzene rings is 2. The molecular formula is C31H35N7O4S. The fraction of sp³-hybridized carbons (Fsp3) is 0.355. The molecule has 2 aliphatic rings. The van der Waals surface area contributed by atoms with Crippen LogP contribution in [0.4, 0.5) is 22.0 Å². The summed E-state index contributed by atoms with van der Waals surface area (Å²) in [5.74, 6) is 1.11. The van der Waals surface area contributed by atoms with E-state index in [1.807, 2.05) is 37.3 Å². The van der Waals surface area contributed by atoms with E-state index in [4.69, 9.17) is 14.7 Å². The number of hydrogen-bond donors (Lipinski definition) is 2.